The number of rotatable bonds is 11. The number of piperidine rings is 2. The zero-order chi connectivity index (χ0) is 45.6. The number of hydrogen-bond acceptors (Lipinski definition) is 8. The second-order valence-electron chi connectivity index (χ2n) is 20.1. The molecule has 66 heavy (non-hydrogen) atoms. The Kier molecular flexibility index (Phi) is 9.29. The summed E-state index contributed by atoms with van der Waals surface area (Å²) in [6, 6.07) is 13.5. The van der Waals surface area contributed by atoms with Crippen LogP contribution in [0, 0.1) is 47.3 Å². The van der Waals surface area contributed by atoms with Gasteiger partial charge in [0.05, 0.1) is 37.7 Å². The molecule has 4 heterocycles. The molecule has 2 saturated heterocycles. The smallest absolute Gasteiger partial charge is 0.407 e. The fraction of sp³-hybridized carbons (Fsp3) is 0.542. The van der Waals surface area contributed by atoms with Gasteiger partial charge in [-0.3, -0.25) is 9.59 Å². The van der Waals surface area contributed by atoms with Gasteiger partial charge in [0.1, 0.15) is 23.7 Å². The lowest BCUT2D eigenvalue weighted by Gasteiger charge is -2.33. The van der Waals surface area contributed by atoms with E-state index >= 15 is 0 Å². The van der Waals surface area contributed by atoms with Crippen LogP contribution in [0.1, 0.15) is 75.1 Å². The van der Waals surface area contributed by atoms with Crippen LogP contribution in [0.3, 0.4) is 0 Å². The summed E-state index contributed by atoms with van der Waals surface area (Å²) in [4.78, 5) is 73.3. The fourth-order valence-electron chi connectivity index (χ4n) is 12.7. The van der Waals surface area contributed by atoms with Crippen molar-refractivity contribution in [3.63, 3.8) is 0 Å². The summed E-state index contributed by atoms with van der Waals surface area (Å²) in [5.41, 5.74) is 5.16. The summed E-state index contributed by atoms with van der Waals surface area (Å²) in [5, 5.41) is 5.38. The third-order valence-corrected chi connectivity index (χ3v) is 16.6. The number of alkyl carbamates (subject to hydrolysis) is 2. The number of nitrogens with zero attached hydrogens (tertiary/aromatic N) is 4. The maximum atomic E-state index is 14.2. The van der Waals surface area contributed by atoms with Gasteiger partial charge in [-0.05, 0) is 86.2 Å². The Balaban J connectivity index is 0.709. The minimum absolute atomic E-state index is 0.0154. The second-order valence-corrected chi connectivity index (χ2v) is 20.1. The number of ether oxygens (including phenoxy) is 2. The van der Waals surface area contributed by atoms with Crippen molar-refractivity contribution >= 4 is 24.0 Å². The number of halogens is 4. The lowest BCUT2D eigenvalue weighted by Crippen LogP contribution is -2.53. The average Bonchev–Trinajstić information content (AvgIpc) is 4.01. The molecular weight excluding hydrogens is 861 g/mol. The van der Waals surface area contributed by atoms with Crippen LogP contribution >= 0.6 is 0 Å². The highest BCUT2D eigenvalue weighted by Gasteiger charge is 2.74. The molecule has 4 aromatic rings. The topological polar surface area (TPSA) is 175 Å². The average molecular weight is 911 g/mol. The van der Waals surface area contributed by atoms with E-state index in [2.05, 4.69) is 20.6 Å². The first-order valence-electron chi connectivity index (χ1n) is 23.1. The number of likely N-dealkylation sites (tertiary alicyclic amines) is 2. The van der Waals surface area contributed by atoms with Crippen LogP contribution in [0.5, 0.6) is 0 Å². The second kappa shape index (κ2) is 14.8. The van der Waals surface area contributed by atoms with Crippen molar-refractivity contribution in [3.05, 3.63) is 72.6 Å². The van der Waals surface area contributed by atoms with Crippen LogP contribution in [0.15, 0.2) is 60.9 Å². The van der Waals surface area contributed by atoms with Gasteiger partial charge in [-0.1, -0.05) is 48.5 Å². The lowest BCUT2D eigenvalue weighted by molar-refractivity contribution is -0.138. The number of aromatic nitrogens is 4. The number of carbonyl (C=O) groups is 4. The maximum Gasteiger partial charge on any atom is 0.407 e. The molecule has 0 spiro atoms. The number of amides is 4. The highest BCUT2D eigenvalue weighted by Crippen LogP contribution is 2.67. The first kappa shape index (κ1) is 41.5. The number of methoxy groups -OCH3 is 2. The van der Waals surface area contributed by atoms with Gasteiger partial charge in [-0.2, -0.15) is 0 Å². The maximum absolute atomic E-state index is 14.2. The molecule has 18 heteroatoms. The van der Waals surface area contributed by atoms with Gasteiger partial charge < -0.3 is 39.9 Å². The van der Waals surface area contributed by atoms with E-state index in [1.807, 2.05) is 70.7 Å². The van der Waals surface area contributed by atoms with E-state index < -0.39 is 71.6 Å². The first-order chi connectivity index (χ1) is 31.7. The van der Waals surface area contributed by atoms with Crippen molar-refractivity contribution in [2.45, 2.75) is 99.5 Å². The minimum atomic E-state index is -2.69. The monoisotopic (exact) mass is 910 g/mol. The zero-order valence-corrected chi connectivity index (χ0v) is 36.3. The Labute approximate surface area is 377 Å². The molecule has 0 radical (unpaired) electrons. The Morgan fingerprint density at radius 1 is 0.576 bits per heavy atom. The van der Waals surface area contributed by atoms with Gasteiger partial charge in [-0.15, -0.1) is 0 Å². The molecule has 6 aliphatic carbocycles. The van der Waals surface area contributed by atoms with Crippen LogP contribution in [-0.2, 0) is 19.1 Å². The van der Waals surface area contributed by atoms with E-state index in [9.17, 15) is 36.7 Å². The van der Waals surface area contributed by atoms with Crippen molar-refractivity contribution in [2.75, 3.05) is 14.2 Å². The molecule has 8 fully saturated rings. The highest BCUT2D eigenvalue weighted by molar-refractivity contribution is 5.88. The van der Waals surface area contributed by atoms with Crippen LogP contribution in [0.4, 0.5) is 27.2 Å². The largest absolute Gasteiger partial charge is 0.453 e. The molecule has 14 nitrogen and oxygen atoms in total. The SMILES string of the molecule is COC(=O)NC(C(=O)N1[C@@H]2C[C@@H]2C[C@H]1c1nc(-c2ccc(-c3ccc(-c4c[nH]c([C@@H]5C[C@H]6C[C@H]6N5C(=O)C(NC(=O)OC)[C@@H]5C[C@@H]6[C@H](C5)C6(F)F)n4)cc3)cc2)c[nH]1)[C@@H]1C[C@@H]2[C@H](C1)C2(F)F. The Morgan fingerprint density at radius 2 is 0.924 bits per heavy atom. The van der Waals surface area contributed by atoms with Gasteiger partial charge in [0.15, 0.2) is 0 Å². The van der Waals surface area contributed by atoms with Crippen molar-refractivity contribution < 1.29 is 46.2 Å². The normalized spacial score (nSPS) is 34.0. The lowest BCUT2D eigenvalue weighted by atomic mass is 9.92. The number of carbonyl (C=O) groups excluding carboxylic acids is 4. The summed E-state index contributed by atoms with van der Waals surface area (Å²) in [6.45, 7) is 0. The molecule has 4 amide bonds. The molecule has 4 N–H and O–H groups in total. The number of nitrogens with one attached hydrogen (secondary N) is 4. The quantitative estimate of drug-likeness (QED) is 0.112. The fourth-order valence-corrected chi connectivity index (χ4v) is 12.7. The first-order valence-corrected chi connectivity index (χ1v) is 23.1. The number of H-pyrrole nitrogens is 2. The third-order valence-electron chi connectivity index (χ3n) is 16.6. The molecule has 2 unspecified atom stereocenters. The van der Waals surface area contributed by atoms with Gasteiger partial charge >= 0.3 is 12.2 Å². The summed E-state index contributed by atoms with van der Waals surface area (Å²) < 4.78 is 66.1. The molecule has 6 saturated carbocycles. The number of aromatic amines is 2. The predicted molar refractivity (Wildman–Crippen MR) is 227 cm³/mol. The van der Waals surface area contributed by atoms with Gasteiger partial charge in [-0.25, -0.2) is 37.1 Å². The predicted octanol–water partition coefficient (Wildman–Crippen LogP) is 7.49. The summed E-state index contributed by atoms with van der Waals surface area (Å²) >= 11 is 0. The molecule has 0 bridgehead atoms. The van der Waals surface area contributed by atoms with Gasteiger partial charge in [0, 0.05) is 59.3 Å². The van der Waals surface area contributed by atoms with Crippen molar-refractivity contribution in [2.24, 2.45) is 47.3 Å². The van der Waals surface area contributed by atoms with Crippen molar-refractivity contribution in [3.8, 4) is 33.6 Å². The van der Waals surface area contributed by atoms with Crippen LogP contribution in [0.25, 0.3) is 33.6 Å². The molecule has 12 rings (SSSR count). The standard InChI is InChI=1S/C48H50F4N8O6/c1-65-45(63)57-39(27-11-29-30(12-27)47(29,49)50)43(61)59-35-15-25(35)17-37(59)41-53-19-33(55-41)23-7-3-21(4-8-23)22-5-9-24(10-6-22)34-20-54-42(56-34)38-18-26-16-36(26)60(38)44(62)40(58-46(64)66-2)28-13-31-32(14-28)48(31,51)52/h3-10,19-20,25-32,35-40H,11-18H2,1-2H3,(H,53,55)(H,54,56)(H,57,63)(H,58,64)/t25-,26-,27-,28-,29-,30+,31-,32+,35-,36-,37+,38+,39?,40?/m1/s1. The Bertz CT molecular complexity index is 2420. The number of hydrogen-bond donors (Lipinski definition) is 4. The zero-order valence-electron chi connectivity index (χ0n) is 36.3. The minimum Gasteiger partial charge on any atom is -0.453 e. The molecule has 346 valence electrons. The summed E-state index contributed by atoms with van der Waals surface area (Å²) in [5.74, 6) is -7.76. The Morgan fingerprint density at radius 3 is 1.27 bits per heavy atom. The van der Waals surface area contributed by atoms with Crippen LogP contribution in [-0.4, -0.2) is 104 Å². The number of imidazole rings is 2. The van der Waals surface area contributed by atoms with Crippen molar-refractivity contribution in [1.82, 2.24) is 40.4 Å². The van der Waals surface area contributed by atoms with E-state index in [0.717, 1.165) is 47.9 Å². The van der Waals surface area contributed by atoms with E-state index in [-0.39, 0.29) is 61.7 Å². The number of benzene rings is 2. The van der Waals surface area contributed by atoms with Crippen LogP contribution in [0.2, 0.25) is 0 Å². The van der Waals surface area contributed by atoms with Crippen LogP contribution < -0.4 is 10.6 Å². The summed E-state index contributed by atoms with van der Waals surface area (Å²) in [6.07, 6.45) is 6.04. The van der Waals surface area contributed by atoms with E-state index in [4.69, 9.17) is 19.4 Å². The molecule has 2 aliphatic heterocycles. The number of alkyl halides is 4. The third kappa shape index (κ3) is 6.69. The molecule has 2 aromatic heterocycles. The molecule has 8 aliphatic rings. The van der Waals surface area contributed by atoms with E-state index in [1.165, 1.54) is 14.2 Å². The molecule has 2 aromatic carbocycles. The number of fused-ring (bicyclic) bond motifs is 4. The van der Waals surface area contributed by atoms with Gasteiger partial charge in [0.2, 0.25) is 11.8 Å². The van der Waals surface area contributed by atoms with E-state index in [0.29, 0.717) is 34.9 Å². The van der Waals surface area contributed by atoms with E-state index in [1.54, 1.807) is 0 Å². The molecule has 14 atom stereocenters. The Hall–Kier alpha value is -5.94. The summed E-state index contributed by atoms with van der Waals surface area (Å²) in [7, 11) is 2.44. The highest BCUT2D eigenvalue weighted by atomic mass is 19.3. The van der Waals surface area contributed by atoms with Gasteiger partial charge in [0.25, 0.3) is 11.8 Å². The molecular formula is C48H50F4N8O6. The van der Waals surface area contributed by atoms with Crippen molar-refractivity contribution in [1.29, 1.82) is 0 Å².